The molecule has 5 nitrogen and oxygen atoms in total. The Balaban J connectivity index is 2.65. The van der Waals surface area contributed by atoms with Crippen molar-refractivity contribution in [2.24, 2.45) is 0 Å². The second-order valence-electron chi connectivity index (χ2n) is 4.98. The van der Waals surface area contributed by atoms with E-state index in [1.807, 2.05) is 0 Å². The van der Waals surface area contributed by atoms with E-state index in [0.29, 0.717) is 12.0 Å². The van der Waals surface area contributed by atoms with Crippen LogP contribution in [-0.2, 0) is 22.3 Å². The molecule has 0 saturated carbocycles. The fourth-order valence-electron chi connectivity index (χ4n) is 2.91. The number of rotatable bonds is 4. The molecular formula is C16H20O5. The van der Waals surface area contributed by atoms with Crippen molar-refractivity contribution in [2.75, 3.05) is 13.2 Å². The normalized spacial score (nSPS) is 12.9. The number of phenolic OH excluding ortho intramolecular Hbond substituents is 1. The lowest BCUT2D eigenvalue weighted by Gasteiger charge is -2.17. The number of hydrogen-bond donors (Lipinski definition) is 1. The smallest absolute Gasteiger partial charge is 0.342 e. The minimum absolute atomic E-state index is 0.0838. The van der Waals surface area contributed by atoms with E-state index in [2.05, 4.69) is 0 Å². The number of benzene rings is 1. The van der Waals surface area contributed by atoms with Crippen LogP contribution in [0.2, 0.25) is 0 Å². The van der Waals surface area contributed by atoms with Gasteiger partial charge in [0.05, 0.1) is 13.2 Å². The average molecular weight is 292 g/mol. The van der Waals surface area contributed by atoms with Crippen LogP contribution in [0.4, 0.5) is 0 Å². The highest BCUT2D eigenvalue weighted by Crippen LogP contribution is 2.38. The molecule has 0 heterocycles. The largest absolute Gasteiger partial charge is 0.506 e. The van der Waals surface area contributed by atoms with Gasteiger partial charge in [0.25, 0.3) is 0 Å². The topological polar surface area (TPSA) is 72.8 Å². The molecule has 0 aromatic heterocycles. The monoisotopic (exact) mass is 292 g/mol. The fraction of sp³-hybridized carbons (Fsp3) is 0.500. The predicted molar refractivity (Wildman–Crippen MR) is 76.8 cm³/mol. The molecule has 5 heteroatoms. The molecule has 1 N–H and O–H groups in total. The Morgan fingerprint density at radius 3 is 2.10 bits per heavy atom. The maximum Gasteiger partial charge on any atom is 0.342 e. The van der Waals surface area contributed by atoms with Gasteiger partial charge in [-0.15, -0.1) is 0 Å². The number of hydrogen-bond acceptors (Lipinski definition) is 5. The van der Waals surface area contributed by atoms with Gasteiger partial charge in [-0.25, -0.2) is 9.59 Å². The summed E-state index contributed by atoms with van der Waals surface area (Å²) in [7, 11) is 0. The van der Waals surface area contributed by atoms with Gasteiger partial charge in [-0.05, 0) is 56.7 Å². The third-order valence-corrected chi connectivity index (χ3v) is 3.78. The number of carbonyl (C=O) groups is 2. The third-order valence-electron chi connectivity index (χ3n) is 3.78. The highest BCUT2D eigenvalue weighted by atomic mass is 16.5. The molecule has 0 aliphatic heterocycles. The van der Waals surface area contributed by atoms with Crippen molar-refractivity contribution in [3.63, 3.8) is 0 Å². The average Bonchev–Trinajstić information content (AvgIpc) is 2.88. The van der Waals surface area contributed by atoms with E-state index >= 15 is 0 Å². The van der Waals surface area contributed by atoms with Crippen LogP contribution in [0.1, 0.15) is 57.7 Å². The van der Waals surface area contributed by atoms with Gasteiger partial charge in [0.15, 0.2) is 0 Å². The first-order valence-electron chi connectivity index (χ1n) is 7.24. The fourth-order valence-corrected chi connectivity index (χ4v) is 2.91. The maximum absolute atomic E-state index is 12.1. The van der Waals surface area contributed by atoms with Crippen LogP contribution in [0.3, 0.4) is 0 Å². The molecule has 0 atom stereocenters. The summed E-state index contributed by atoms with van der Waals surface area (Å²) in [5.74, 6) is -1.50. The Morgan fingerprint density at radius 1 is 1.00 bits per heavy atom. The quantitative estimate of drug-likeness (QED) is 0.863. The van der Waals surface area contributed by atoms with E-state index in [0.717, 1.165) is 24.0 Å². The Hall–Kier alpha value is -2.04. The molecule has 1 aromatic rings. The Kier molecular flexibility index (Phi) is 4.50. The SMILES string of the molecule is CCOC(=O)c1c(C)c2c(c(C(=O)OCC)c1O)CCC2. The van der Waals surface area contributed by atoms with Gasteiger partial charge < -0.3 is 14.6 Å². The van der Waals surface area contributed by atoms with Gasteiger partial charge in [0.1, 0.15) is 16.9 Å². The van der Waals surface area contributed by atoms with Crippen molar-refractivity contribution in [3.05, 3.63) is 27.8 Å². The van der Waals surface area contributed by atoms with Crippen molar-refractivity contribution in [2.45, 2.75) is 40.0 Å². The van der Waals surface area contributed by atoms with Crippen molar-refractivity contribution in [3.8, 4) is 5.75 Å². The Bertz CT molecular complexity index is 589. The highest BCUT2D eigenvalue weighted by molar-refractivity contribution is 6.03. The Morgan fingerprint density at radius 2 is 1.52 bits per heavy atom. The third kappa shape index (κ3) is 2.60. The molecule has 0 radical (unpaired) electrons. The van der Waals surface area contributed by atoms with E-state index < -0.39 is 11.9 Å². The molecule has 0 amide bonds. The van der Waals surface area contributed by atoms with Crippen LogP contribution in [0.5, 0.6) is 5.75 Å². The van der Waals surface area contributed by atoms with Gasteiger partial charge >= 0.3 is 11.9 Å². The zero-order valence-electron chi connectivity index (χ0n) is 12.6. The molecule has 1 aromatic carbocycles. The first-order chi connectivity index (χ1) is 10.0. The first kappa shape index (κ1) is 15.4. The van der Waals surface area contributed by atoms with Crippen LogP contribution in [0, 0.1) is 6.92 Å². The summed E-state index contributed by atoms with van der Waals surface area (Å²) < 4.78 is 10.0. The molecule has 0 spiro atoms. The molecule has 0 saturated heterocycles. The maximum atomic E-state index is 12.1. The summed E-state index contributed by atoms with van der Waals surface area (Å²) in [6.07, 6.45) is 2.40. The Labute approximate surface area is 123 Å². The van der Waals surface area contributed by atoms with Crippen molar-refractivity contribution >= 4 is 11.9 Å². The zero-order valence-corrected chi connectivity index (χ0v) is 12.6. The summed E-state index contributed by atoms with van der Waals surface area (Å²) in [6, 6.07) is 0. The molecule has 0 bridgehead atoms. The molecular weight excluding hydrogens is 272 g/mol. The van der Waals surface area contributed by atoms with E-state index in [-0.39, 0.29) is 30.1 Å². The first-order valence-corrected chi connectivity index (χ1v) is 7.24. The second-order valence-corrected chi connectivity index (χ2v) is 4.98. The standard InChI is InChI=1S/C16H20O5/c1-4-20-15(18)12-9(3)10-7-6-8-11(10)13(14(12)17)16(19)21-5-2/h17H,4-8H2,1-3H3. The lowest BCUT2D eigenvalue weighted by atomic mass is 9.92. The van der Waals surface area contributed by atoms with Crippen molar-refractivity contribution in [1.82, 2.24) is 0 Å². The van der Waals surface area contributed by atoms with E-state index in [4.69, 9.17) is 9.47 Å². The summed E-state index contributed by atoms with van der Waals surface area (Å²) >= 11 is 0. The van der Waals surface area contributed by atoms with Crippen LogP contribution < -0.4 is 0 Å². The molecule has 0 fully saturated rings. The van der Waals surface area contributed by atoms with Gasteiger partial charge in [-0.1, -0.05) is 0 Å². The van der Waals surface area contributed by atoms with Gasteiger partial charge in [-0.2, -0.15) is 0 Å². The molecule has 21 heavy (non-hydrogen) atoms. The van der Waals surface area contributed by atoms with Crippen LogP contribution in [0.15, 0.2) is 0 Å². The predicted octanol–water partition coefficient (Wildman–Crippen LogP) is 2.54. The van der Waals surface area contributed by atoms with Crippen LogP contribution in [-0.4, -0.2) is 30.3 Å². The summed E-state index contributed by atoms with van der Waals surface area (Å²) in [6.45, 7) is 5.61. The molecule has 2 rings (SSSR count). The highest BCUT2D eigenvalue weighted by Gasteiger charge is 2.31. The number of ether oxygens (including phenoxy) is 2. The number of fused-ring (bicyclic) bond motifs is 1. The van der Waals surface area contributed by atoms with Gasteiger partial charge in [0.2, 0.25) is 0 Å². The van der Waals surface area contributed by atoms with Gasteiger partial charge in [0, 0.05) is 0 Å². The summed E-state index contributed by atoms with van der Waals surface area (Å²) in [5.41, 5.74) is 2.67. The number of aromatic hydroxyl groups is 1. The van der Waals surface area contributed by atoms with E-state index in [9.17, 15) is 14.7 Å². The minimum atomic E-state index is -0.604. The van der Waals surface area contributed by atoms with Crippen molar-refractivity contribution in [1.29, 1.82) is 0 Å². The van der Waals surface area contributed by atoms with Crippen molar-refractivity contribution < 1.29 is 24.2 Å². The van der Waals surface area contributed by atoms with Crippen LogP contribution in [0.25, 0.3) is 0 Å². The molecule has 114 valence electrons. The summed E-state index contributed by atoms with van der Waals surface area (Å²) in [5, 5.41) is 10.4. The van der Waals surface area contributed by atoms with E-state index in [1.165, 1.54) is 0 Å². The molecule has 0 unspecified atom stereocenters. The minimum Gasteiger partial charge on any atom is -0.506 e. The van der Waals surface area contributed by atoms with E-state index in [1.54, 1.807) is 20.8 Å². The van der Waals surface area contributed by atoms with Gasteiger partial charge in [-0.3, -0.25) is 0 Å². The lowest BCUT2D eigenvalue weighted by molar-refractivity contribution is 0.0517. The lowest BCUT2D eigenvalue weighted by Crippen LogP contribution is -2.15. The summed E-state index contributed by atoms with van der Waals surface area (Å²) in [4.78, 5) is 24.2. The second kappa shape index (κ2) is 6.16. The number of esters is 2. The number of carbonyl (C=O) groups excluding carboxylic acids is 2. The number of phenols is 1. The zero-order chi connectivity index (χ0) is 15.6. The molecule has 1 aliphatic carbocycles. The van der Waals surface area contributed by atoms with Crippen LogP contribution >= 0.6 is 0 Å². The molecule has 1 aliphatic rings.